The molecule has 4 heterocycles. The molecule has 1 aromatic heterocycles. The molecule has 0 unspecified atom stereocenters. The summed E-state index contributed by atoms with van der Waals surface area (Å²) in [6.45, 7) is 3.50. The van der Waals surface area contributed by atoms with E-state index >= 15 is 0 Å². The lowest BCUT2D eigenvalue weighted by molar-refractivity contribution is -0.155. The fourth-order valence-corrected chi connectivity index (χ4v) is 5.31. The Labute approximate surface area is 210 Å². The number of β-amino-alcohol motifs (C(OH)–C–C–N with tert-alkyl or cyclic N) is 1. The molecule has 1 N–H and O–H groups in total. The highest BCUT2D eigenvalue weighted by Gasteiger charge is 2.41. The first-order valence-electron chi connectivity index (χ1n) is 12.6. The summed E-state index contributed by atoms with van der Waals surface area (Å²) < 4.78 is 12.0. The van der Waals surface area contributed by atoms with E-state index in [1.807, 2.05) is 23.1 Å². The van der Waals surface area contributed by atoms with E-state index in [4.69, 9.17) is 9.47 Å². The summed E-state index contributed by atoms with van der Waals surface area (Å²) in [6.07, 6.45) is 4.66. The van der Waals surface area contributed by atoms with Crippen molar-refractivity contribution in [3.05, 3.63) is 54.6 Å². The Morgan fingerprint density at radius 3 is 2.58 bits per heavy atom. The Morgan fingerprint density at radius 2 is 1.83 bits per heavy atom. The lowest BCUT2D eigenvalue weighted by atomic mass is 9.94. The van der Waals surface area contributed by atoms with Crippen molar-refractivity contribution in [1.82, 2.24) is 19.8 Å². The number of ether oxygens (including phenoxy) is 2. The molecule has 10 heteroatoms. The Kier molecular flexibility index (Phi) is 7.74. The summed E-state index contributed by atoms with van der Waals surface area (Å²) in [6, 6.07) is 9.99. The summed E-state index contributed by atoms with van der Waals surface area (Å²) in [7, 11) is 0. The first-order valence-corrected chi connectivity index (χ1v) is 12.6. The van der Waals surface area contributed by atoms with E-state index in [0.717, 1.165) is 13.1 Å². The second-order valence-corrected chi connectivity index (χ2v) is 9.59. The predicted molar refractivity (Wildman–Crippen MR) is 131 cm³/mol. The number of fused-ring (bicyclic) bond motifs is 1. The minimum atomic E-state index is -0.791. The van der Waals surface area contributed by atoms with Gasteiger partial charge >= 0.3 is 0 Å². The van der Waals surface area contributed by atoms with Crippen molar-refractivity contribution >= 4 is 17.5 Å². The number of benzene rings is 1. The molecular weight excluding hydrogens is 462 g/mol. The van der Waals surface area contributed by atoms with Crippen molar-refractivity contribution in [1.29, 1.82) is 0 Å². The van der Waals surface area contributed by atoms with Crippen molar-refractivity contribution in [2.45, 2.75) is 43.6 Å². The zero-order valence-electron chi connectivity index (χ0n) is 20.3. The highest BCUT2D eigenvalue weighted by molar-refractivity contribution is 5.92. The highest BCUT2D eigenvalue weighted by atomic mass is 16.5. The second kappa shape index (κ2) is 11.3. The molecule has 4 atom stereocenters. The third-order valence-electron chi connectivity index (χ3n) is 7.18. The number of carbonyl (C=O) groups excluding carboxylic acids is 2. The molecule has 192 valence electrons. The first-order chi connectivity index (χ1) is 17.6. The number of aliphatic hydroxyl groups is 1. The van der Waals surface area contributed by atoms with Gasteiger partial charge in [-0.15, -0.1) is 0 Å². The predicted octanol–water partition coefficient (Wildman–Crippen LogP) is 0.965. The summed E-state index contributed by atoms with van der Waals surface area (Å²) >= 11 is 0. The van der Waals surface area contributed by atoms with Crippen LogP contribution in [0.25, 0.3) is 0 Å². The van der Waals surface area contributed by atoms with Gasteiger partial charge in [-0.3, -0.25) is 14.6 Å². The second-order valence-electron chi connectivity index (χ2n) is 9.59. The van der Waals surface area contributed by atoms with Gasteiger partial charge in [0.15, 0.2) is 0 Å². The number of hydrogen-bond acceptors (Lipinski definition) is 8. The molecule has 2 aromatic rings. The average molecular weight is 496 g/mol. The quantitative estimate of drug-likeness (QED) is 0.669. The third-order valence-corrected chi connectivity index (χ3v) is 7.18. The molecular formula is C26H33N5O5. The van der Waals surface area contributed by atoms with Crippen LogP contribution in [0.1, 0.15) is 29.8 Å². The van der Waals surface area contributed by atoms with Crippen LogP contribution in [-0.4, -0.2) is 107 Å². The Bertz CT molecular complexity index is 1020. The van der Waals surface area contributed by atoms with Gasteiger partial charge in [0.25, 0.3) is 5.91 Å². The molecule has 3 saturated heterocycles. The van der Waals surface area contributed by atoms with Gasteiger partial charge in [-0.25, -0.2) is 4.98 Å². The van der Waals surface area contributed by atoms with E-state index in [1.54, 1.807) is 4.90 Å². The van der Waals surface area contributed by atoms with Gasteiger partial charge in [0.1, 0.15) is 11.8 Å². The molecule has 0 bridgehead atoms. The normalized spacial score (nSPS) is 27.1. The largest absolute Gasteiger partial charge is 0.389 e. The number of anilines is 1. The zero-order valence-corrected chi connectivity index (χ0v) is 20.3. The van der Waals surface area contributed by atoms with Gasteiger partial charge in [0, 0.05) is 50.8 Å². The molecule has 5 rings (SSSR count). The van der Waals surface area contributed by atoms with Gasteiger partial charge in [-0.2, -0.15) is 0 Å². The van der Waals surface area contributed by atoms with Crippen LogP contribution in [0, 0.1) is 0 Å². The number of nitrogens with zero attached hydrogens (tertiary/aromatic N) is 5. The number of hydrogen-bond donors (Lipinski definition) is 1. The first kappa shape index (κ1) is 24.6. The number of amides is 2. The summed E-state index contributed by atoms with van der Waals surface area (Å²) in [4.78, 5) is 40.3. The fourth-order valence-electron chi connectivity index (χ4n) is 5.31. The van der Waals surface area contributed by atoms with Crippen molar-refractivity contribution in [3.63, 3.8) is 0 Å². The fraction of sp³-hybridized carbons (Fsp3) is 0.538. The lowest BCUT2D eigenvalue weighted by Gasteiger charge is -2.44. The van der Waals surface area contributed by atoms with Crippen molar-refractivity contribution in [2.75, 3.05) is 50.8 Å². The van der Waals surface area contributed by atoms with E-state index < -0.39 is 6.10 Å². The standard InChI is InChI=1S/C26H33N5O5/c32-20-16-31(26(34)22-15-27-8-9-28-22)23-7-6-21(36-24(23)18-35-17-20)14-25(33)30-12-10-29(11-13-30)19-4-2-1-3-5-19/h1-5,8-9,15,20-21,23-24,32H,6-7,10-14,16-18H2/t20-,21+,23-,24+/m0/s1. The van der Waals surface area contributed by atoms with Crippen LogP contribution in [0.2, 0.25) is 0 Å². The van der Waals surface area contributed by atoms with Crippen molar-refractivity contribution < 1.29 is 24.2 Å². The zero-order chi connectivity index (χ0) is 24.9. The highest BCUT2D eigenvalue weighted by Crippen LogP contribution is 2.29. The molecule has 2 amide bonds. The molecule has 3 fully saturated rings. The molecule has 10 nitrogen and oxygen atoms in total. The monoisotopic (exact) mass is 495 g/mol. The summed E-state index contributed by atoms with van der Waals surface area (Å²) in [5, 5.41) is 10.3. The minimum absolute atomic E-state index is 0.0980. The number of rotatable bonds is 4. The van der Waals surface area contributed by atoms with Crippen LogP contribution >= 0.6 is 0 Å². The van der Waals surface area contributed by atoms with E-state index in [1.165, 1.54) is 24.3 Å². The van der Waals surface area contributed by atoms with Crippen LogP contribution in [0.3, 0.4) is 0 Å². The third kappa shape index (κ3) is 5.66. The van der Waals surface area contributed by atoms with Crippen LogP contribution in [0.15, 0.2) is 48.9 Å². The SMILES string of the molecule is O=C(C[C@H]1CC[C@H]2[C@@H](COC[C@@H](O)CN2C(=O)c2cnccn2)O1)N1CCN(c2ccccc2)CC1. The lowest BCUT2D eigenvalue weighted by Crippen LogP contribution is -2.58. The van der Waals surface area contributed by atoms with E-state index in [2.05, 4.69) is 27.0 Å². The smallest absolute Gasteiger partial charge is 0.274 e. The van der Waals surface area contributed by atoms with E-state index in [0.29, 0.717) is 32.4 Å². The number of carbonyl (C=O) groups is 2. The molecule has 3 aliphatic rings. The molecule has 36 heavy (non-hydrogen) atoms. The number of piperazine rings is 1. The Balaban J connectivity index is 1.18. The number of para-hydroxylation sites is 1. The molecule has 1 aromatic carbocycles. The van der Waals surface area contributed by atoms with Crippen LogP contribution in [0.4, 0.5) is 5.69 Å². The maximum absolute atomic E-state index is 13.2. The maximum Gasteiger partial charge on any atom is 0.274 e. The van der Waals surface area contributed by atoms with Crippen molar-refractivity contribution in [3.8, 4) is 0 Å². The number of aromatic nitrogens is 2. The summed E-state index contributed by atoms with van der Waals surface area (Å²) in [5.41, 5.74) is 1.41. The molecule has 0 saturated carbocycles. The molecule has 0 radical (unpaired) electrons. The minimum Gasteiger partial charge on any atom is -0.389 e. The molecule has 0 spiro atoms. The average Bonchev–Trinajstić information content (AvgIpc) is 2.92. The van der Waals surface area contributed by atoms with E-state index in [9.17, 15) is 14.7 Å². The van der Waals surface area contributed by atoms with Crippen LogP contribution < -0.4 is 4.90 Å². The topological polar surface area (TPSA) is 108 Å². The van der Waals surface area contributed by atoms with Gasteiger partial charge in [0.05, 0.1) is 44.1 Å². The van der Waals surface area contributed by atoms with Gasteiger partial charge < -0.3 is 29.3 Å². The molecule has 3 aliphatic heterocycles. The van der Waals surface area contributed by atoms with Crippen molar-refractivity contribution in [2.24, 2.45) is 0 Å². The van der Waals surface area contributed by atoms with Gasteiger partial charge in [-0.1, -0.05) is 18.2 Å². The maximum atomic E-state index is 13.2. The van der Waals surface area contributed by atoms with Crippen LogP contribution in [0.5, 0.6) is 0 Å². The van der Waals surface area contributed by atoms with Gasteiger partial charge in [0.2, 0.25) is 5.91 Å². The Hall–Kier alpha value is -3.08. The Morgan fingerprint density at radius 1 is 1.03 bits per heavy atom. The molecule has 0 aliphatic carbocycles. The van der Waals surface area contributed by atoms with Gasteiger partial charge in [-0.05, 0) is 25.0 Å². The summed E-state index contributed by atoms with van der Waals surface area (Å²) in [5.74, 6) is -0.186. The van der Waals surface area contributed by atoms with E-state index in [-0.39, 0.29) is 55.5 Å². The van der Waals surface area contributed by atoms with Crippen LogP contribution in [-0.2, 0) is 14.3 Å². The number of aliphatic hydroxyl groups excluding tert-OH is 1.